The Bertz CT molecular complexity index is 535. The normalized spacial score (nSPS) is 29.7. The Labute approximate surface area is 132 Å². The van der Waals surface area contributed by atoms with Crippen LogP contribution in [0.4, 0.5) is 0 Å². The summed E-state index contributed by atoms with van der Waals surface area (Å²) >= 11 is 6.08. The van der Waals surface area contributed by atoms with Gasteiger partial charge in [-0.05, 0) is 30.7 Å². The predicted octanol–water partition coefficient (Wildman–Crippen LogP) is 3.39. The van der Waals surface area contributed by atoms with Crippen LogP contribution in [0.1, 0.15) is 18.9 Å². The molecule has 1 aromatic rings. The van der Waals surface area contributed by atoms with Gasteiger partial charge in [0.1, 0.15) is 0 Å². The Morgan fingerprint density at radius 1 is 1.29 bits per heavy atom. The fourth-order valence-corrected chi connectivity index (χ4v) is 3.81. The number of nitrogens with zero attached hydrogens (tertiary/aromatic N) is 1. The molecule has 2 aliphatic rings. The summed E-state index contributed by atoms with van der Waals surface area (Å²) in [7, 11) is 0. The molecule has 1 heterocycles. The van der Waals surface area contributed by atoms with E-state index < -0.39 is 0 Å². The SMILES string of the molecule is CCN1CCNCC1C1(c2ccc(Cl)cc2)C=CC=CC1. The van der Waals surface area contributed by atoms with Crippen molar-refractivity contribution < 1.29 is 0 Å². The van der Waals surface area contributed by atoms with Crippen molar-refractivity contribution in [1.82, 2.24) is 10.2 Å². The Hall–Kier alpha value is -1.09. The van der Waals surface area contributed by atoms with Gasteiger partial charge in [0.15, 0.2) is 0 Å². The lowest BCUT2D eigenvalue weighted by Crippen LogP contribution is -2.60. The molecular weight excluding hydrogens is 280 g/mol. The molecule has 1 aliphatic carbocycles. The molecule has 0 radical (unpaired) electrons. The van der Waals surface area contributed by atoms with Crippen LogP contribution in [0.25, 0.3) is 0 Å². The largest absolute Gasteiger partial charge is 0.314 e. The molecule has 1 fully saturated rings. The highest BCUT2D eigenvalue weighted by Gasteiger charge is 2.41. The van der Waals surface area contributed by atoms with E-state index in [4.69, 9.17) is 11.6 Å². The van der Waals surface area contributed by atoms with E-state index in [0.29, 0.717) is 6.04 Å². The fraction of sp³-hybridized carbons (Fsp3) is 0.444. The first-order chi connectivity index (χ1) is 10.3. The van der Waals surface area contributed by atoms with E-state index in [-0.39, 0.29) is 5.41 Å². The van der Waals surface area contributed by atoms with Gasteiger partial charge in [0.2, 0.25) is 0 Å². The summed E-state index contributed by atoms with van der Waals surface area (Å²) in [6, 6.07) is 8.88. The molecule has 3 rings (SSSR count). The van der Waals surface area contributed by atoms with Crippen LogP contribution < -0.4 is 5.32 Å². The highest BCUT2D eigenvalue weighted by atomic mass is 35.5. The highest BCUT2D eigenvalue weighted by Crippen LogP contribution is 2.39. The highest BCUT2D eigenvalue weighted by molar-refractivity contribution is 6.30. The van der Waals surface area contributed by atoms with Gasteiger partial charge in [0.05, 0.1) is 0 Å². The molecule has 0 spiro atoms. The van der Waals surface area contributed by atoms with Crippen LogP contribution in [0.2, 0.25) is 5.02 Å². The van der Waals surface area contributed by atoms with Gasteiger partial charge in [0.25, 0.3) is 0 Å². The number of likely N-dealkylation sites (N-methyl/N-ethyl adjacent to an activating group) is 1. The standard InChI is InChI=1S/C18H23ClN2/c1-2-21-13-12-20-14-17(21)18(10-4-3-5-11-18)15-6-8-16(19)9-7-15/h3-10,17,20H,2,11-14H2,1H3. The molecule has 21 heavy (non-hydrogen) atoms. The monoisotopic (exact) mass is 302 g/mol. The molecule has 0 saturated carbocycles. The van der Waals surface area contributed by atoms with Crippen molar-refractivity contribution in [3.05, 3.63) is 59.2 Å². The van der Waals surface area contributed by atoms with E-state index in [1.165, 1.54) is 5.56 Å². The smallest absolute Gasteiger partial charge is 0.0406 e. The van der Waals surface area contributed by atoms with Gasteiger partial charge >= 0.3 is 0 Å². The number of hydrogen-bond donors (Lipinski definition) is 1. The first-order valence-corrected chi connectivity index (χ1v) is 8.19. The summed E-state index contributed by atoms with van der Waals surface area (Å²) in [5, 5.41) is 4.38. The zero-order chi connectivity index (χ0) is 14.7. The van der Waals surface area contributed by atoms with E-state index >= 15 is 0 Å². The van der Waals surface area contributed by atoms with Gasteiger partial charge in [-0.15, -0.1) is 0 Å². The van der Waals surface area contributed by atoms with Crippen molar-refractivity contribution in [3.63, 3.8) is 0 Å². The third-order valence-electron chi connectivity index (χ3n) is 4.83. The molecule has 112 valence electrons. The molecular formula is C18H23ClN2. The number of piperazine rings is 1. The molecule has 0 amide bonds. The maximum Gasteiger partial charge on any atom is 0.0406 e. The van der Waals surface area contributed by atoms with E-state index in [1.54, 1.807) is 0 Å². The second-order valence-corrected chi connectivity index (χ2v) is 6.32. The minimum atomic E-state index is 0.0444. The molecule has 0 aromatic heterocycles. The van der Waals surface area contributed by atoms with Crippen LogP contribution in [-0.4, -0.2) is 37.1 Å². The predicted molar refractivity (Wildman–Crippen MR) is 89.9 cm³/mol. The summed E-state index contributed by atoms with van der Waals surface area (Å²) in [5.74, 6) is 0. The van der Waals surface area contributed by atoms with E-state index in [2.05, 4.69) is 53.6 Å². The van der Waals surface area contributed by atoms with Crippen molar-refractivity contribution >= 4 is 11.6 Å². The van der Waals surface area contributed by atoms with Gasteiger partial charge in [0, 0.05) is 36.1 Å². The third kappa shape index (κ3) is 2.80. The maximum absolute atomic E-state index is 6.08. The molecule has 2 nitrogen and oxygen atoms in total. The summed E-state index contributed by atoms with van der Waals surface area (Å²) in [4.78, 5) is 2.61. The lowest BCUT2D eigenvalue weighted by atomic mass is 9.69. The van der Waals surface area contributed by atoms with Crippen LogP contribution >= 0.6 is 11.6 Å². The van der Waals surface area contributed by atoms with Gasteiger partial charge in [-0.1, -0.05) is 55.0 Å². The van der Waals surface area contributed by atoms with Gasteiger partial charge < -0.3 is 5.32 Å². The van der Waals surface area contributed by atoms with Crippen LogP contribution in [0.5, 0.6) is 0 Å². The minimum Gasteiger partial charge on any atom is -0.314 e. The topological polar surface area (TPSA) is 15.3 Å². The van der Waals surface area contributed by atoms with Gasteiger partial charge in [-0.2, -0.15) is 0 Å². The minimum absolute atomic E-state index is 0.0444. The van der Waals surface area contributed by atoms with Crippen molar-refractivity contribution in [3.8, 4) is 0 Å². The second-order valence-electron chi connectivity index (χ2n) is 5.89. The van der Waals surface area contributed by atoms with E-state index in [0.717, 1.165) is 37.6 Å². The maximum atomic E-state index is 6.08. The van der Waals surface area contributed by atoms with Crippen LogP contribution in [-0.2, 0) is 5.41 Å². The van der Waals surface area contributed by atoms with E-state index in [1.807, 2.05) is 12.1 Å². The molecule has 2 atom stereocenters. The van der Waals surface area contributed by atoms with Crippen LogP contribution in [0.3, 0.4) is 0 Å². The zero-order valence-corrected chi connectivity index (χ0v) is 13.3. The van der Waals surface area contributed by atoms with Crippen molar-refractivity contribution in [2.45, 2.75) is 24.8 Å². The Morgan fingerprint density at radius 2 is 2.10 bits per heavy atom. The molecule has 1 N–H and O–H groups in total. The Kier molecular flexibility index (Phi) is 4.48. The molecule has 1 saturated heterocycles. The number of hydrogen-bond acceptors (Lipinski definition) is 2. The molecule has 1 aliphatic heterocycles. The van der Waals surface area contributed by atoms with Crippen molar-refractivity contribution in [2.24, 2.45) is 0 Å². The summed E-state index contributed by atoms with van der Waals surface area (Å²) in [6.45, 7) is 6.60. The summed E-state index contributed by atoms with van der Waals surface area (Å²) in [6.07, 6.45) is 10.1. The molecule has 1 aromatic carbocycles. The summed E-state index contributed by atoms with van der Waals surface area (Å²) in [5.41, 5.74) is 1.41. The Morgan fingerprint density at radius 3 is 2.76 bits per heavy atom. The number of halogens is 1. The van der Waals surface area contributed by atoms with Crippen LogP contribution in [0.15, 0.2) is 48.6 Å². The van der Waals surface area contributed by atoms with Crippen LogP contribution in [0, 0.1) is 0 Å². The van der Waals surface area contributed by atoms with Gasteiger partial charge in [-0.3, -0.25) is 4.90 Å². The Balaban J connectivity index is 2.02. The van der Waals surface area contributed by atoms with E-state index in [9.17, 15) is 0 Å². The zero-order valence-electron chi connectivity index (χ0n) is 12.6. The quantitative estimate of drug-likeness (QED) is 0.921. The number of nitrogens with one attached hydrogen (secondary N) is 1. The number of allylic oxidation sites excluding steroid dienone is 3. The average Bonchev–Trinajstić information content (AvgIpc) is 2.56. The third-order valence-corrected chi connectivity index (χ3v) is 5.09. The number of rotatable bonds is 3. The molecule has 0 bridgehead atoms. The number of benzene rings is 1. The second kappa shape index (κ2) is 6.35. The first kappa shape index (κ1) is 14.8. The van der Waals surface area contributed by atoms with Gasteiger partial charge in [-0.25, -0.2) is 0 Å². The molecule has 2 unspecified atom stereocenters. The first-order valence-electron chi connectivity index (χ1n) is 7.81. The van der Waals surface area contributed by atoms with Crippen molar-refractivity contribution in [2.75, 3.05) is 26.2 Å². The average molecular weight is 303 g/mol. The lowest BCUT2D eigenvalue weighted by Gasteiger charge is -2.48. The molecule has 3 heteroatoms. The lowest BCUT2D eigenvalue weighted by molar-refractivity contribution is 0.116. The fourth-order valence-electron chi connectivity index (χ4n) is 3.68. The van der Waals surface area contributed by atoms with Crippen molar-refractivity contribution in [1.29, 1.82) is 0 Å². The summed E-state index contributed by atoms with van der Waals surface area (Å²) < 4.78 is 0.